The van der Waals surface area contributed by atoms with Crippen molar-refractivity contribution in [2.24, 2.45) is 0 Å². The van der Waals surface area contributed by atoms with Gasteiger partial charge in [-0.2, -0.15) is 9.36 Å². The lowest BCUT2D eigenvalue weighted by atomic mass is 10.2. The highest BCUT2D eigenvalue weighted by atomic mass is 19.1. The van der Waals surface area contributed by atoms with Gasteiger partial charge in [0.25, 0.3) is 0 Å². The Morgan fingerprint density at radius 1 is 1.37 bits per heavy atom. The molecule has 0 unspecified atom stereocenters. The van der Waals surface area contributed by atoms with Crippen LogP contribution in [0.2, 0.25) is 0 Å². The van der Waals surface area contributed by atoms with Crippen LogP contribution in [0.5, 0.6) is 5.75 Å². The van der Waals surface area contributed by atoms with Gasteiger partial charge in [-0.15, -0.1) is 0 Å². The Morgan fingerprint density at radius 3 is 2.74 bits per heavy atom. The van der Waals surface area contributed by atoms with E-state index in [0.717, 1.165) is 10.7 Å². The molecule has 1 heterocycles. The number of nitro benzene ring substituents is 1. The van der Waals surface area contributed by atoms with Crippen molar-refractivity contribution in [3.63, 3.8) is 0 Å². The summed E-state index contributed by atoms with van der Waals surface area (Å²) in [6.07, 6.45) is 0.00185. The summed E-state index contributed by atoms with van der Waals surface area (Å²) in [7, 11) is 0. The normalized spacial score (nSPS) is 10.6. The van der Waals surface area contributed by atoms with Crippen LogP contribution >= 0.6 is 0 Å². The van der Waals surface area contributed by atoms with E-state index in [-0.39, 0.29) is 19.6 Å². The second-order valence-electron chi connectivity index (χ2n) is 5.06. The molecule has 11 nitrogen and oxygen atoms in total. The van der Waals surface area contributed by atoms with E-state index >= 15 is 0 Å². The van der Waals surface area contributed by atoms with Gasteiger partial charge in [-0.25, -0.2) is 14.0 Å². The van der Waals surface area contributed by atoms with Crippen LogP contribution in [0.1, 0.15) is 13.3 Å². The standard InChI is InChI=1S/C14H15F2N5O6/c1-2-26-13(22)8-27-12-6-9(16)10(7-11(12)21(24)25)20-14(23)19(17-18-20)5-3-4-15/h6-7H,2-5,8H2,1H3. The molecule has 0 N–H and O–H groups in total. The first-order valence-electron chi connectivity index (χ1n) is 7.74. The van der Waals surface area contributed by atoms with Crippen molar-refractivity contribution in [1.82, 2.24) is 19.8 Å². The Kier molecular flexibility index (Phi) is 6.51. The molecule has 0 spiro atoms. The quantitative estimate of drug-likeness (QED) is 0.350. The van der Waals surface area contributed by atoms with Gasteiger partial charge in [0.05, 0.1) is 24.7 Å². The summed E-state index contributed by atoms with van der Waals surface area (Å²) in [5, 5.41) is 18.1. The Labute approximate surface area is 150 Å². The number of alkyl halides is 1. The lowest BCUT2D eigenvalue weighted by Crippen LogP contribution is -2.25. The number of hydrogen-bond acceptors (Lipinski definition) is 8. The molecular weight excluding hydrogens is 372 g/mol. The Hall–Kier alpha value is -3.38. The van der Waals surface area contributed by atoms with E-state index in [1.54, 1.807) is 6.92 Å². The summed E-state index contributed by atoms with van der Waals surface area (Å²) < 4.78 is 37.5. The van der Waals surface area contributed by atoms with Gasteiger partial charge in [-0.1, -0.05) is 0 Å². The number of carbonyl (C=O) groups is 1. The smallest absolute Gasteiger partial charge is 0.368 e. The number of halogens is 2. The number of aromatic nitrogens is 4. The van der Waals surface area contributed by atoms with E-state index in [1.807, 2.05) is 0 Å². The van der Waals surface area contributed by atoms with Gasteiger partial charge in [0.15, 0.2) is 12.4 Å². The first-order chi connectivity index (χ1) is 12.9. The van der Waals surface area contributed by atoms with E-state index < -0.39 is 52.8 Å². The van der Waals surface area contributed by atoms with Crippen molar-refractivity contribution in [3.8, 4) is 11.4 Å². The molecule has 0 saturated carbocycles. The fourth-order valence-electron chi connectivity index (χ4n) is 2.07. The zero-order chi connectivity index (χ0) is 20.0. The monoisotopic (exact) mass is 387 g/mol. The fraction of sp³-hybridized carbons (Fsp3) is 0.429. The highest BCUT2D eigenvalue weighted by Gasteiger charge is 2.24. The molecule has 2 rings (SSSR count). The van der Waals surface area contributed by atoms with Gasteiger partial charge in [0, 0.05) is 12.1 Å². The average molecular weight is 387 g/mol. The molecule has 0 radical (unpaired) electrons. The van der Waals surface area contributed by atoms with Crippen LogP contribution in [0.4, 0.5) is 14.5 Å². The van der Waals surface area contributed by atoms with E-state index in [2.05, 4.69) is 15.2 Å². The molecule has 0 bridgehead atoms. The topological polar surface area (TPSA) is 131 Å². The maximum absolute atomic E-state index is 14.4. The van der Waals surface area contributed by atoms with E-state index in [0.29, 0.717) is 10.7 Å². The van der Waals surface area contributed by atoms with E-state index in [4.69, 9.17) is 4.74 Å². The minimum Gasteiger partial charge on any atom is -0.475 e. The van der Waals surface area contributed by atoms with Gasteiger partial charge in [-0.3, -0.25) is 14.5 Å². The highest BCUT2D eigenvalue weighted by Crippen LogP contribution is 2.31. The van der Waals surface area contributed by atoms with Crippen LogP contribution in [-0.2, 0) is 16.1 Å². The van der Waals surface area contributed by atoms with Crippen molar-refractivity contribution in [2.45, 2.75) is 19.9 Å². The number of nitro groups is 1. The number of benzene rings is 1. The zero-order valence-corrected chi connectivity index (χ0v) is 14.1. The maximum atomic E-state index is 14.4. The Balaban J connectivity index is 2.38. The molecule has 2 aromatic rings. The third-order valence-corrected chi connectivity index (χ3v) is 3.25. The molecule has 0 aliphatic carbocycles. The van der Waals surface area contributed by atoms with Crippen LogP contribution in [0.25, 0.3) is 5.69 Å². The number of tetrazole rings is 1. The van der Waals surface area contributed by atoms with Crippen LogP contribution in [0.3, 0.4) is 0 Å². The SMILES string of the molecule is CCOC(=O)COc1cc(F)c(-n2nnn(CCCF)c2=O)cc1[N+](=O)[O-]. The summed E-state index contributed by atoms with van der Waals surface area (Å²) in [6.45, 7) is 0.212. The first-order valence-corrected chi connectivity index (χ1v) is 7.74. The van der Waals surface area contributed by atoms with Crippen molar-refractivity contribution in [3.05, 3.63) is 38.5 Å². The largest absolute Gasteiger partial charge is 0.475 e. The number of ether oxygens (including phenoxy) is 2. The molecule has 0 fully saturated rings. The maximum Gasteiger partial charge on any atom is 0.368 e. The fourth-order valence-corrected chi connectivity index (χ4v) is 2.07. The molecule has 0 aliphatic rings. The summed E-state index contributed by atoms with van der Waals surface area (Å²) in [6, 6.07) is 1.38. The molecule has 0 atom stereocenters. The van der Waals surface area contributed by atoms with Gasteiger partial charge in [0.2, 0.25) is 5.75 Å². The first kappa shape index (κ1) is 19.9. The number of rotatable bonds is 9. The second kappa shape index (κ2) is 8.82. The number of hydrogen-bond donors (Lipinski definition) is 0. The zero-order valence-electron chi connectivity index (χ0n) is 14.1. The summed E-state index contributed by atoms with van der Waals surface area (Å²) in [5.41, 5.74) is -2.13. The molecular formula is C14H15F2N5O6. The van der Waals surface area contributed by atoms with Crippen LogP contribution < -0.4 is 10.4 Å². The molecule has 27 heavy (non-hydrogen) atoms. The van der Waals surface area contributed by atoms with Gasteiger partial charge in [-0.05, 0) is 23.8 Å². The predicted octanol–water partition coefficient (Wildman–Crippen LogP) is 0.778. The summed E-state index contributed by atoms with van der Waals surface area (Å²) in [5.74, 6) is -2.38. The molecule has 0 amide bonds. The van der Waals surface area contributed by atoms with Crippen molar-refractivity contribution in [1.29, 1.82) is 0 Å². The molecule has 13 heteroatoms. The van der Waals surface area contributed by atoms with Crippen molar-refractivity contribution in [2.75, 3.05) is 19.9 Å². The lowest BCUT2D eigenvalue weighted by molar-refractivity contribution is -0.385. The third kappa shape index (κ3) is 4.62. The number of esters is 1. The molecule has 1 aromatic heterocycles. The highest BCUT2D eigenvalue weighted by molar-refractivity contribution is 5.71. The minimum absolute atomic E-state index is 0.00185. The number of nitrogens with zero attached hydrogens (tertiary/aromatic N) is 5. The Morgan fingerprint density at radius 2 is 2.11 bits per heavy atom. The number of carbonyl (C=O) groups excluding carboxylic acids is 1. The molecule has 1 aromatic carbocycles. The molecule has 0 aliphatic heterocycles. The van der Waals surface area contributed by atoms with Gasteiger partial charge < -0.3 is 9.47 Å². The van der Waals surface area contributed by atoms with Crippen molar-refractivity contribution >= 4 is 11.7 Å². The Bertz CT molecular complexity index is 897. The van der Waals surface area contributed by atoms with E-state index in [9.17, 15) is 28.5 Å². The molecule has 146 valence electrons. The number of aryl methyl sites for hydroxylation is 1. The summed E-state index contributed by atoms with van der Waals surface area (Å²) in [4.78, 5) is 33.8. The lowest BCUT2D eigenvalue weighted by Gasteiger charge is -2.08. The van der Waals surface area contributed by atoms with Crippen LogP contribution in [-0.4, -0.2) is 50.6 Å². The van der Waals surface area contributed by atoms with Gasteiger partial charge >= 0.3 is 17.3 Å². The predicted molar refractivity (Wildman–Crippen MR) is 85.0 cm³/mol. The van der Waals surface area contributed by atoms with Crippen LogP contribution in [0.15, 0.2) is 16.9 Å². The van der Waals surface area contributed by atoms with Crippen LogP contribution in [0, 0.1) is 15.9 Å². The second-order valence-corrected chi connectivity index (χ2v) is 5.06. The van der Waals surface area contributed by atoms with Gasteiger partial charge in [0.1, 0.15) is 5.69 Å². The molecule has 0 saturated heterocycles. The third-order valence-electron chi connectivity index (χ3n) is 3.25. The van der Waals surface area contributed by atoms with Crippen molar-refractivity contribution < 1.29 is 28.0 Å². The average Bonchev–Trinajstić information content (AvgIpc) is 2.98. The minimum atomic E-state index is -1.07. The summed E-state index contributed by atoms with van der Waals surface area (Å²) >= 11 is 0. The van der Waals surface area contributed by atoms with E-state index in [1.165, 1.54) is 0 Å².